The maximum Gasteiger partial charge on any atom is 0.133 e. The fourth-order valence-electron chi connectivity index (χ4n) is 3.87. The minimum Gasteiger partial charge on any atom is -0.379 e. The molecule has 0 amide bonds. The van der Waals surface area contributed by atoms with Gasteiger partial charge in [-0.05, 0) is 62.0 Å². The van der Waals surface area contributed by atoms with Gasteiger partial charge in [-0.1, -0.05) is 0 Å². The second-order valence-electron chi connectivity index (χ2n) is 6.92. The molecule has 0 bridgehead atoms. The van der Waals surface area contributed by atoms with Crippen LogP contribution in [-0.2, 0) is 4.74 Å². The lowest BCUT2D eigenvalue weighted by molar-refractivity contribution is -0.0983. The van der Waals surface area contributed by atoms with Crippen LogP contribution in [0.2, 0.25) is 0 Å². The van der Waals surface area contributed by atoms with Crippen LogP contribution in [0.5, 0.6) is 0 Å². The van der Waals surface area contributed by atoms with Gasteiger partial charge in [0.15, 0.2) is 0 Å². The molecule has 0 atom stereocenters. The quantitative estimate of drug-likeness (QED) is 0.847. The van der Waals surface area contributed by atoms with Crippen molar-refractivity contribution in [2.24, 2.45) is 0 Å². The first-order valence-electron chi connectivity index (χ1n) is 7.92. The van der Waals surface area contributed by atoms with Gasteiger partial charge in [0.2, 0.25) is 0 Å². The predicted octanol–water partition coefficient (Wildman–Crippen LogP) is 1.41. The zero-order valence-electron chi connectivity index (χ0n) is 12.9. The van der Waals surface area contributed by atoms with Crippen molar-refractivity contribution >= 4 is 18.7 Å². The molecule has 2 fully saturated rings. The Morgan fingerprint density at radius 2 is 2.10 bits per heavy atom. The monoisotopic (exact) mass is 283 g/mol. The Morgan fingerprint density at radius 1 is 1.33 bits per heavy atom. The summed E-state index contributed by atoms with van der Waals surface area (Å²) in [5.41, 5.74) is 4.37. The van der Waals surface area contributed by atoms with Crippen molar-refractivity contribution in [1.82, 2.24) is 15.1 Å². The van der Waals surface area contributed by atoms with Crippen LogP contribution in [0.15, 0.2) is 18.3 Å². The van der Waals surface area contributed by atoms with Gasteiger partial charge in [0.1, 0.15) is 7.85 Å². The third-order valence-corrected chi connectivity index (χ3v) is 5.35. The molecule has 2 saturated heterocycles. The molecule has 0 aliphatic carbocycles. The molecule has 1 N–H and O–H groups in total. The molecule has 5 heteroatoms. The summed E-state index contributed by atoms with van der Waals surface area (Å²) in [6.07, 6.45) is 4.40. The summed E-state index contributed by atoms with van der Waals surface area (Å²) in [5.74, 6) is 0.679. The number of hydrogen-bond donors (Lipinski definition) is 1. The average molecular weight is 283 g/mol. The standard InChI is InChI=1S/C16H22BN3O/c1-11-6-13-8-18-19-15(13)7-14(11)12-2-4-20(5-3-12)16(17)9-21-10-16/h6-8,12H,2-5,9-10,17H2,1H3,(H,18,19). The number of nitrogens with one attached hydrogen (secondary N) is 1. The minimum absolute atomic E-state index is 0.299. The largest absolute Gasteiger partial charge is 0.379 e. The van der Waals surface area contributed by atoms with Crippen molar-refractivity contribution in [2.75, 3.05) is 26.3 Å². The third kappa shape index (κ3) is 2.19. The topological polar surface area (TPSA) is 41.2 Å². The van der Waals surface area contributed by atoms with E-state index in [1.807, 2.05) is 6.20 Å². The molecule has 4 nitrogen and oxygen atoms in total. The van der Waals surface area contributed by atoms with E-state index in [9.17, 15) is 0 Å². The summed E-state index contributed by atoms with van der Waals surface area (Å²) in [6, 6.07) is 4.58. The number of ether oxygens (including phenoxy) is 1. The van der Waals surface area contributed by atoms with Gasteiger partial charge in [-0.25, -0.2) is 0 Å². The lowest BCUT2D eigenvalue weighted by Crippen LogP contribution is -2.64. The molecule has 0 spiro atoms. The number of benzene rings is 1. The van der Waals surface area contributed by atoms with Crippen molar-refractivity contribution in [1.29, 1.82) is 0 Å². The van der Waals surface area contributed by atoms with E-state index in [1.165, 1.54) is 42.4 Å². The van der Waals surface area contributed by atoms with Gasteiger partial charge in [0.25, 0.3) is 0 Å². The molecular formula is C16H22BN3O. The zero-order chi connectivity index (χ0) is 14.4. The van der Waals surface area contributed by atoms with Gasteiger partial charge in [0.05, 0.1) is 24.9 Å². The van der Waals surface area contributed by atoms with Crippen LogP contribution in [-0.4, -0.2) is 54.7 Å². The van der Waals surface area contributed by atoms with Gasteiger partial charge in [-0.2, -0.15) is 5.10 Å². The SMILES string of the molecule is BC1(N2CCC(c3cc4[nH]ncc4cc3C)CC2)COC1. The number of H-pyrrole nitrogens is 1. The van der Waals surface area contributed by atoms with Gasteiger partial charge in [-0.15, -0.1) is 0 Å². The first-order valence-corrected chi connectivity index (χ1v) is 7.92. The number of fused-ring (bicyclic) bond motifs is 1. The van der Waals surface area contributed by atoms with E-state index < -0.39 is 0 Å². The molecule has 2 aliphatic heterocycles. The first-order chi connectivity index (χ1) is 10.2. The van der Waals surface area contributed by atoms with Crippen molar-refractivity contribution in [2.45, 2.75) is 31.1 Å². The molecule has 0 unspecified atom stereocenters. The smallest absolute Gasteiger partial charge is 0.133 e. The van der Waals surface area contributed by atoms with E-state index in [4.69, 9.17) is 4.74 Å². The van der Waals surface area contributed by atoms with Crippen LogP contribution >= 0.6 is 0 Å². The minimum atomic E-state index is 0.299. The summed E-state index contributed by atoms with van der Waals surface area (Å²) in [4.78, 5) is 2.62. The van der Waals surface area contributed by atoms with Gasteiger partial charge < -0.3 is 9.64 Å². The Labute approximate surface area is 126 Å². The van der Waals surface area contributed by atoms with Crippen LogP contribution in [0.25, 0.3) is 10.9 Å². The number of aryl methyl sites for hydroxylation is 1. The van der Waals surface area contributed by atoms with E-state index in [0.29, 0.717) is 11.4 Å². The van der Waals surface area contributed by atoms with Crippen LogP contribution in [0, 0.1) is 6.92 Å². The molecule has 1 aromatic heterocycles. The van der Waals surface area contributed by atoms with Crippen molar-refractivity contribution in [3.8, 4) is 0 Å². The average Bonchev–Trinajstić information content (AvgIpc) is 2.91. The summed E-state index contributed by atoms with van der Waals surface area (Å²) < 4.78 is 5.41. The van der Waals surface area contributed by atoms with E-state index in [1.54, 1.807) is 0 Å². The molecule has 2 aliphatic rings. The third-order valence-electron chi connectivity index (χ3n) is 5.35. The van der Waals surface area contributed by atoms with E-state index in [2.05, 4.69) is 42.0 Å². The van der Waals surface area contributed by atoms with E-state index >= 15 is 0 Å². The summed E-state index contributed by atoms with van der Waals surface area (Å²) in [5, 5.41) is 8.46. The first kappa shape index (κ1) is 13.3. The summed E-state index contributed by atoms with van der Waals surface area (Å²) in [6.45, 7) is 6.40. The summed E-state index contributed by atoms with van der Waals surface area (Å²) in [7, 11) is 2.33. The van der Waals surface area contributed by atoms with Gasteiger partial charge >= 0.3 is 0 Å². The Kier molecular flexibility index (Phi) is 3.08. The van der Waals surface area contributed by atoms with Crippen molar-refractivity contribution in [3.63, 3.8) is 0 Å². The number of likely N-dealkylation sites (tertiary alicyclic amines) is 1. The van der Waals surface area contributed by atoms with E-state index in [0.717, 1.165) is 18.7 Å². The van der Waals surface area contributed by atoms with E-state index in [-0.39, 0.29) is 0 Å². The number of aromatic amines is 1. The summed E-state index contributed by atoms with van der Waals surface area (Å²) >= 11 is 0. The Morgan fingerprint density at radius 3 is 2.76 bits per heavy atom. The Balaban J connectivity index is 1.53. The van der Waals surface area contributed by atoms with Crippen LogP contribution in [0.1, 0.15) is 29.9 Å². The fourth-order valence-corrected chi connectivity index (χ4v) is 3.87. The molecule has 0 radical (unpaired) electrons. The lowest BCUT2D eigenvalue weighted by atomic mass is 9.72. The molecule has 2 aromatic rings. The zero-order valence-corrected chi connectivity index (χ0v) is 12.9. The van der Waals surface area contributed by atoms with Crippen molar-refractivity contribution < 1.29 is 4.74 Å². The van der Waals surface area contributed by atoms with Crippen LogP contribution < -0.4 is 0 Å². The van der Waals surface area contributed by atoms with Crippen molar-refractivity contribution in [3.05, 3.63) is 29.5 Å². The normalized spacial score (nSPS) is 23.3. The molecule has 0 saturated carbocycles. The number of hydrogen-bond acceptors (Lipinski definition) is 3. The second kappa shape index (κ2) is 4.85. The van der Waals surface area contributed by atoms with Crippen LogP contribution in [0.3, 0.4) is 0 Å². The molecule has 4 rings (SSSR count). The number of rotatable bonds is 2. The molecular weight excluding hydrogens is 261 g/mol. The maximum atomic E-state index is 5.41. The molecule has 1 aromatic carbocycles. The highest BCUT2D eigenvalue weighted by atomic mass is 16.5. The number of nitrogens with zero attached hydrogens (tertiary/aromatic N) is 2. The Bertz CT molecular complexity index is 657. The van der Waals surface area contributed by atoms with Gasteiger partial charge in [0, 0.05) is 10.8 Å². The predicted molar refractivity (Wildman–Crippen MR) is 86.5 cm³/mol. The lowest BCUT2D eigenvalue weighted by Gasteiger charge is -2.50. The molecule has 21 heavy (non-hydrogen) atoms. The maximum absolute atomic E-state index is 5.41. The number of aromatic nitrogens is 2. The van der Waals surface area contributed by atoms with Gasteiger partial charge in [-0.3, -0.25) is 5.10 Å². The highest BCUT2D eigenvalue weighted by Gasteiger charge is 2.40. The molecule has 110 valence electrons. The Hall–Kier alpha value is -1.33. The highest BCUT2D eigenvalue weighted by Crippen LogP contribution is 2.35. The highest BCUT2D eigenvalue weighted by molar-refractivity contribution is 6.16. The second-order valence-corrected chi connectivity index (χ2v) is 6.92. The number of piperidine rings is 1. The molecule has 3 heterocycles. The fraction of sp³-hybridized carbons (Fsp3) is 0.562. The van der Waals surface area contributed by atoms with Crippen LogP contribution in [0.4, 0.5) is 0 Å².